The summed E-state index contributed by atoms with van der Waals surface area (Å²) in [6.45, 7) is 5.50. The van der Waals surface area contributed by atoms with E-state index in [1.807, 2.05) is 0 Å². The molecule has 3 unspecified atom stereocenters. The van der Waals surface area contributed by atoms with Gasteiger partial charge in [0.2, 0.25) is 0 Å². The van der Waals surface area contributed by atoms with E-state index in [1.165, 1.54) is 45.1 Å². The second-order valence-corrected chi connectivity index (χ2v) is 7.85. The fourth-order valence-corrected chi connectivity index (χ4v) is 4.40. The van der Waals surface area contributed by atoms with Crippen molar-refractivity contribution >= 4 is 6.03 Å². The zero-order chi connectivity index (χ0) is 16.2. The molecule has 0 aromatic heterocycles. The number of hydrogen-bond donors (Lipinski definition) is 2. The van der Waals surface area contributed by atoms with Gasteiger partial charge < -0.3 is 15.3 Å². The van der Waals surface area contributed by atoms with Crippen molar-refractivity contribution in [3.63, 3.8) is 0 Å². The van der Waals surface area contributed by atoms with Crippen LogP contribution in [0.4, 0.5) is 4.79 Å². The average molecular weight is 323 g/mol. The number of nitrogens with one attached hydrogen (secondary N) is 1. The quantitative estimate of drug-likeness (QED) is 0.819. The third-order valence-corrected chi connectivity index (χ3v) is 6.08. The first kappa shape index (κ1) is 17.0. The molecule has 0 aromatic rings. The number of β-amino-alcohol motifs (C(OH)–C–C–N with tert-alkyl or cyclic N) is 1. The van der Waals surface area contributed by atoms with E-state index in [0.717, 1.165) is 32.0 Å². The minimum absolute atomic E-state index is 0.0199. The van der Waals surface area contributed by atoms with Gasteiger partial charge >= 0.3 is 6.03 Å². The lowest BCUT2D eigenvalue weighted by Gasteiger charge is -2.41. The van der Waals surface area contributed by atoms with Crippen molar-refractivity contribution < 1.29 is 9.90 Å². The van der Waals surface area contributed by atoms with Crippen LogP contribution in [0.15, 0.2) is 0 Å². The Bertz CT molecular complexity index is 398. The zero-order valence-electron chi connectivity index (χ0n) is 14.5. The van der Waals surface area contributed by atoms with Crippen molar-refractivity contribution in [2.75, 3.05) is 26.2 Å². The highest BCUT2D eigenvalue weighted by molar-refractivity contribution is 5.74. The van der Waals surface area contributed by atoms with Gasteiger partial charge in [-0.25, -0.2) is 4.79 Å². The summed E-state index contributed by atoms with van der Waals surface area (Å²) >= 11 is 0. The first-order valence-electron chi connectivity index (χ1n) is 9.61. The van der Waals surface area contributed by atoms with E-state index in [1.54, 1.807) is 4.90 Å². The number of nitrogens with zero attached hydrogens (tertiary/aromatic N) is 2. The van der Waals surface area contributed by atoms with Crippen molar-refractivity contribution in [3.8, 4) is 0 Å². The van der Waals surface area contributed by atoms with Gasteiger partial charge in [-0.15, -0.1) is 0 Å². The molecule has 5 heteroatoms. The van der Waals surface area contributed by atoms with E-state index < -0.39 is 0 Å². The second-order valence-electron chi connectivity index (χ2n) is 7.85. The number of aliphatic hydroxyl groups is 1. The van der Waals surface area contributed by atoms with Gasteiger partial charge in [0.05, 0.1) is 6.10 Å². The molecule has 0 spiro atoms. The molecule has 3 fully saturated rings. The zero-order valence-corrected chi connectivity index (χ0v) is 14.5. The fourth-order valence-electron chi connectivity index (χ4n) is 4.40. The highest BCUT2D eigenvalue weighted by atomic mass is 16.3. The summed E-state index contributed by atoms with van der Waals surface area (Å²) < 4.78 is 0. The van der Waals surface area contributed by atoms with Gasteiger partial charge in [-0.1, -0.05) is 26.2 Å². The van der Waals surface area contributed by atoms with E-state index in [9.17, 15) is 9.90 Å². The minimum atomic E-state index is -0.375. The lowest BCUT2D eigenvalue weighted by atomic mass is 9.92. The van der Waals surface area contributed by atoms with Gasteiger partial charge in [0.1, 0.15) is 0 Å². The van der Waals surface area contributed by atoms with Crippen molar-refractivity contribution in [2.45, 2.75) is 76.5 Å². The Labute approximate surface area is 140 Å². The summed E-state index contributed by atoms with van der Waals surface area (Å²) in [6.07, 6.45) is 9.56. The van der Waals surface area contributed by atoms with E-state index in [4.69, 9.17) is 0 Å². The Kier molecular flexibility index (Phi) is 5.81. The summed E-state index contributed by atoms with van der Waals surface area (Å²) in [7, 11) is 0. The number of urea groups is 1. The van der Waals surface area contributed by atoms with Gasteiger partial charge in [-0.2, -0.15) is 0 Å². The van der Waals surface area contributed by atoms with Crippen molar-refractivity contribution in [3.05, 3.63) is 0 Å². The maximum Gasteiger partial charge on any atom is 0.317 e. The molecular weight excluding hydrogens is 290 g/mol. The first-order chi connectivity index (χ1) is 11.1. The number of piperidine rings is 2. The monoisotopic (exact) mass is 323 g/mol. The average Bonchev–Trinajstić information content (AvgIpc) is 2.58. The molecular formula is C18H33N3O2. The third kappa shape index (κ3) is 4.38. The van der Waals surface area contributed by atoms with Crippen molar-refractivity contribution in [1.29, 1.82) is 0 Å². The largest absolute Gasteiger partial charge is 0.391 e. The minimum Gasteiger partial charge on any atom is -0.391 e. The van der Waals surface area contributed by atoms with Crippen LogP contribution in [0, 0.1) is 5.92 Å². The number of hydrogen-bond acceptors (Lipinski definition) is 3. The molecule has 2 amide bonds. The van der Waals surface area contributed by atoms with Crippen LogP contribution in [0.25, 0.3) is 0 Å². The second kappa shape index (κ2) is 7.84. The molecule has 2 saturated heterocycles. The molecule has 2 N–H and O–H groups in total. The Morgan fingerprint density at radius 2 is 1.78 bits per heavy atom. The number of amides is 2. The smallest absolute Gasteiger partial charge is 0.317 e. The molecule has 1 aliphatic carbocycles. The predicted molar refractivity (Wildman–Crippen MR) is 91.4 cm³/mol. The summed E-state index contributed by atoms with van der Waals surface area (Å²) in [5.41, 5.74) is 0. The molecule has 0 aromatic carbocycles. The molecule has 1 saturated carbocycles. The van der Waals surface area contributed by atoms with E-state index in [0.29, 0.717) is 12.5 Å². The Balaban J connectivity index is 1.48. The standard InChI is InChI=1S/C18H33N3O2/c1-14-9-11-21(13-17(14)22)18(23)19-15-6-5-10-20(12-15)16-7-3-2-4-8-16/h14-17,22H,2-13H2,1H3,(H,19,23). The molecule has 3 atom stereocenters. The van der Waals surface area contributed by atoms with Crippen LogP contribution in [0.3, 0.4) is 0 Å². The number of carbonyl (C=O) groups excluding carboxylic acids is 1. The van der Waals surface area contributed by atoms with Gasteiger partial charge in [0.15, 0.2) is 0 Å². The molecule has 2 aliphatic heterocycles. The van der Waals surface area contributed by atoms with Crippen LogP contribution in [-0.4, -0.2) is 65.3 Å². The van der Waals surface area contributed by atoms with Crippen molar-refractivity contribution in [1.82, 2.24) is 15.1 Å². The highest BCUT2D eigenvalue weighted by Crippen LogP contribution is 2.25. The molecule has 3 rings (SSSR count). The Morgan fingerprint density at radius 1 is 1.00 bits per heavy atom. The van der Waals surface area contributed by atoms with Crippen molar-refractivity contribution in [2.24, 2.45) is 5.92 Å². The topological polar surface area (TPSA) is 55.8 Å². The first-order valence-corrected chi connectivity index (χ1v) is 9.61. The van der Waals surface area contributed by atoms with Gasteiger partial charge in [0.25, 0.3) is 0 Å². The summed E-state index contributed by atoms with van der Waals surface area (Å²) in [4.78, 5) is 16.9. The number of rotatable bonds is 2. The van der Waals surface area contributed by atoms with Crippen LogP contribution in [0.5, 0.6) is 0 Å². The molecule has 0 bridgehead atoms. The molecule has 0 radical (unpaired) electrons. The summed E-state index contributed by atoms with van der Waals surface area (Å²) in [5, 5.41) is 13.2. The van der Waals surface area contributed by atoms with Crippen LogP contribution >= 0.6 is 0 Å². The molecule has 5 nitrogen and oxygen atoms in total. The van der Waals surface area contributed by atoms with Crippen LogP contribution in [-0.2, 0) is 0 Å². The van der Waals surface area contributed by atoms with Gasteiger partial charge in [0, 0.05) is 31.7 Å². The van der Waals surface area contributed by atoms with Gasteiger partial charge in [-0.3, -0.25) is 4.90 Å². The Hall–Kier alpha value is -0.810. The SMILES string of the molecule is CC1CCN(C(=O)NC2CCCN(C3CCCCC3)C2)CC1O. The lowest BCUT2D eigenvalue weighted by molar-refractivity contribution is 0.0413. The van der Waals surface area contributed by atoms with Crippen LogP contribution in [0.2, 0.25) is 0 Å². The predicted octanol–water partition coefficient (Wildman–Crippen LogP) is 2.20. The normalized spacial score (nSPS) is 34.3. The Morgan fingerprint density at radius 3 is 2.52 bits per heavy atom. The third-order valence-electron chi connectivity index (χ3n) is 6.08. The number of aliphatic hydroxyl groups excluding tert-OH is 1. The van der Waals surface area contributed by atoms with E-state index >= 15 is 0 Å². The van der Waals surface area contributed by atoms with E-state index in [-0.39, 0.29) is 18.2 Å². The number of likely N-dealkylation sites (tertiary alicyclic amines) is 2. The maximum atomic E-state index is 12.5. The summed E-state index contributed by atoms with van der Waals surface area (Å²) in [6, 6.07) is 1.03. The lowest BCUT2D eigenvalue weighted by Crippen LogP contribution is -2.56. The van der Waals surface area contributed by atoms with Gasteiger partial charge in [-0.05, 0) is 44.6 Å². The van der Waals surface area contributed by atoms with Crippen LogP contribution < -0.4 is 5.32 Å². The maximum absolute atomic E-state index is 12.5. The van der Waals surface area contributed by atoms with E-state index in [2.05, 4.69) is 17.1 Å². The molecule has 2 heterocycles. The molecule has 132 valence electrons. The number of carbonyl (C=O) groups is 1. The van der Waals surface area contributed by atoms with Crippen LogP contribution in [0.1, 0.15) is 58.3 Å². The fraction of sp³-hybridized carbons (Fsp3) is 0.944. The molecule has 23 heavy (non-hydrogen) atoms. The highest BCUT2D eigenvalue weighted by Gasteiger charge is 2.31. The molecule has 3 aliphatic rings. The summed E-state index contributed by atoms with van der Waals surface area (Å²) in [5.74, 6) is 0.301.